The molecular weight excluding hydrogens is 241 g/mol. The van der Waals surface area contributed by atoms with E-state index < -0.39 is 23.4 Å². The van der Waals surface area contributed by atoms with Gasteiger partial charge in [0.15, 0.2) is 5.78 Å². The molecule has 1 aromatic carbocycles. The number of carbonyl (C=O) groups is 3. The zero-order valence-corrected chi connectivity index (χ0v) is 9.39. The molecule has 0 N–H and O–H groups in total. The molecule has 0 bridgehead atoms. The standard InChI is InChI=1S/C12H10FNO4/c13-9-3-1-2-8(4-9)10(15)5-14-11(16)6-18-7-12(14)17/h1-4H,5-7H2. The molecule has 0 radical (unpaired) electrons. The number of hydrogen-bond acceptors (Lipinski definition) is 4. The van der Waals surface area contributed by atoms with E-state index in [1.54, 1.807) is 0 Å². The van der Waals surface area contributed by atoms with Gasteiger partial charge in [0, 0.05) is 5.56 Å². The van der Waals surface area contributed by atoms with E-state index in [1.165, 1.54) is 18.2 Å². The average molecular weight is 251 g/mol. The number of rotatable bonds is 3. The van der Waals surface area contributed by atoms with Gasteiger partial charge in [-0.3, -0.25) is 19.3 Å². The maximum Gasteiger partial charge on any atom is 0.255 e. The molecule has 1 aromatic rings. The van der Waals surface area contributed by atoms with E-state index in [4.69, 9.17) is 4.74 Å². The lowest BCUT2D eigenvalue weighted by molar-refractivity contribution is -0.157. The number of halogens is 1. The van der Waals surface area contributed by atoms with Gasteiger partial charge in [-0.05, 0) is 12.1 Å². The quantitative estimate of drug-likeness (QED) is 0.576. The monoisotopic (exact) mass is 251 g/mol. The molecule has 1 fully saturated rings. The maximum atomic E-state index is 12.9. The number of Topliss-reactive ketones (excluding diaryl/α,β-unsaturated/α-hetero) is 1. The van der Waals surface area contributed by atoms with Crippen molar-refractivity contribution in [3.63, 3.8) is 0 Å². The van der Waals surface area contributed by atoms with Crippen molar-refractivity contribution in [2.75, 3.05) is 19.8 Å². The molecule has 2 amide bonds. The minimum absolute atomic E-state index is 0.127. The molecule has 0 unspecified atom stereocenters. The molecule has 0 saturated carbocycles. The Kier molecular flexibility index (Phi) is 3.47. The number of hydrogen-bond donors (Lipinski definition) is 0. The Hall–Kier alpha value is -2.08. The van der Waals surface area contributed by atoms with Gasteiger partial charge >= 0.3 is 0 Å². The van der Waals surface area contributed by atoms with E-state index in [2.05, 4.69) is 0 Å². The highest BCUT2D eigenvalue weighted by Gasteiger charge is 2.28. The highest BCUT2D eigenvalue weighted by Crippen LogP contribution is 2.08. The Morgan fingerprint density at radius 2 is 1.94 bits per heavy atom. The van der Waals surface area contributed by atoms with Crippen molar-refractivity contribution in [3.8, 4) is 0 Å². The fraction of sp³-hybridized carbons (Fsp3) is 0.250. The molecule has 2 rings (SSSR count). The average Bonchev–Trinajstić information content (AvgIpc) is 2.34. The maximum absolute atomic E-state index is 12.9. The largest absolute Gasteiger partial charge is 0.362 e. The minimum Gasteiger partial charge on any atom is -0.362 e. The molecule has 1 aliphatic rings. The van der Waals surface area contributed by atoms with Gasteiger partial charge < -0.3 is 4.74 Å². The highest BCUT2D eigenvalue weighted by molar-refractivity contribution is 6.05. The van der Waals surface area contributed by atoms with Crippen LogP contribution in [0.3, 0.4) is 0 Å². The molecule has 0 atom stereocenters. The number of nitrogens with zero attached hydrogens (tertiary/aromatic N) is 1. The summed E-state index contributed by atoms with van der Waals surface area (Å²) in [7, 11) is 0. The Bertz CT molecular complexity index is 499. The van der Waals surface area contributed by atoms with Gasteiger partial charge in [-0.15, -0.1) is 0 Å². The second-order valence-electron chi connectivity index (χ2n) is 3.80. The minimum atomic E-state index is -0.559. The number of ketones is 1. The van der Waals surface area contributed by atoms with E-state index in [1.807, 2.05) is 0 Å². The summed E-state index contributed by atoms with van der Waals surface area (Å²) < 4.78 is 17.7. The number of amides is 2. The van der Waals surface area contributed by atoms with Crippen molar-refractivity contribution in [3.05, 3.63) is 35.6 Å². The molecule has 0 aromatic heterocycles. The summed E-state index contributed by atoms with van der Waals surface area (Å²) in [6, 6.07) is 5.10. The van der Waals surface area contributed by atoms with Gasteiger partial charge in [0.2, 0.25) is 0 Å². The van der Waals surface area contributed by atoms with Crippen molar-refractivity contribution in [2.45, 2.75) is 0 Å². The van der Waals surface area contributed by atoms with Gasteiger partial charge in [0.25, 0.3) is 11.8 Å². The van der Waals surface area contributed by atoms with Crippen molar-refractivity contribution < 1.29 is 23.5 Å². The van der Waals surface area contributed by atoms with E-state index >= 15 is 0 Å². The Morgan fingerprint density at radius 1 is 1.28 bits per heavy atom. The van der Waals surface area contributed by atoms with Crippen LogP contribution >= 0.6 is 0 Å². The predicted octanol–water partition coefficient (Wildman–Crippen LogP) is 0.394. The van der Waals surface area contributed by atoms with Crippen LogP contribution in [0.15, 0.2) is 24.3 Å². The highest BCUT2D eigenvalue weighted by atomic mass is 19.1. The Labute approximate surface area is 102 Å². The number of morpholine rings is 1. The van der Waals surface area contributed by atoms with Crippen molar-refractivity contribution in [1.82, 2.24) is 4.90 Å². The van der Waals surface area contributed by atoms with Crippen LogP contribution < -0.4 is 0 Å². The second kappa shape index (κ2) is 5.05. The Balaban J connectivity index is 2.11. The summed E-state index contributed by atoms with van der Waals surface area (Å²) in [4.78, 5) is 35.4. The van der Waals surface area contributed by atoms with E-state index in [9.17, 15) is 18.8 Å². The van der Waals surface area contributed by atoms with Crippen LogP contribution in [0.4, 0.5) is 4.39 Å². The smallest absolute Gasteiger partial charge is 0.255 e. The number of benzene rings is 1. The lowest BCUT2D eigenvalue weighted by Gasteiger charge is -2.24. The molecule has 1 heterocycles. The molecule has 5 nitrogen and oxygen atoms in total. The van der Waals surface area contributed by atoms with Crippen LogP contribution in [0.1, 0.15) is 10.4 Å². The summed E-state index contributed by atoms with van der Waals surface area (Å²) in [6.07, 6.45) is 0. The topological polar surface area (TPSA) is 63.7 Å². The van der Waals surface area contributed by atoms with Crippen LogP contribution in [0.25, 0.3) is 0 Å². The third kappa shape index (κ3) is 2.60. The summed E-state index contributed by atoms with van der Waals surface area (Å²) in [5, 5.41) is 0. The molecule has 6 heteroatoms. The molecule has 18 heavy (non-hydrogen) atoms. The molecule has 94 valence electrons. The van der Waals surface area contributed by atoms with Crippen molar-refractivity contribution in [2.24, 2.45) is 0 Å². The Morgan fingerprint density at radius 3 is 2.56 bits per heavy atom. The van der Waals surface area contributed by atoms with Gasteiger partial charge in [-0.2, -0.15) is 0 Å². The molecular formula is C12H10FNO4. The predicted molar refractivity (Wildman–Crippen MR) is 58.3 cm³/mol. The molecule has 0 aliphatic carbocycles. The lowest BCUT2D eigenvalue weighted by Crippen LogP contribution is -2.48. The SMILES string of the molecule is O=C(CN1C(=O)COCC1=O)c1cccc(F)c1. The third-order valence-corrected chi connectivity index (χ3v) is 2.50. The second-order valence-corrected chi connectivity index (χ2v) is 3.80. The number of ether oxygens (including phenoxy) is 1. The van der Waals surface area contributed by atoms with Crippen LogP contribution in [-0.4, -0.2) is 42.3 Å². The summed E-state index contributed by atoms with van der Waals surface area (Å²) in [5.41, 5.74) is 0.127. The molecule has 0 spiro atoms. The van der Waals surface area contributed by atoms with E-state index in [0.29, 0.717) is 0 Å². The van der Waals surface area contributed by atoms with Crippen LogP contribution in [0.2, 0.25) is 0 Å². The van der Waals surface area contributed by atoms with Crippen LogP contribution in [0, 0.1) is 5.82 Å². The zero-order chi connectivity index (χ0) is 13.1. The summed E-state index contributed by atoms with van der Waals surface area (Å²) in [5.74, 6) is -2.15. The van der Waals surface area contributed by atoms with Crippen molar-refractivity contribution in [1.29, 1.82) is 0 Å². The van der Waals surface area contributed by atoms with Gasteiger partial charge in [0.05, 0.1) is 6.54 Å². The zero-order valence-electron chi connectivity index (χ0n) is 9.39. The summed E-state index contributed by atoms with van der Waals surface area (Å²) in [6.45, 7) is -0.825. The molecule has 1 aliphatic heterocycles. The third-order valence-electron chi connectivity index (χ3n) is 2.50. The number of imide groups is 1. The first-order valence-corrected chi connectivity index (χ1v) is 5.27. The first kappa shape index (κ1) is 12.4. The van der Waals surface area contributed by atoms with Crippen LogP contribution in [0.5, 0.6) is 0 Å². The molecule has 1 saturated heterocycles. The number of carbonyl (C=O) groups excluding carboxylic acids is 3. The lowest BCUT2D eigenvalue weighted by atomic mass is 10.1. The van der Waals surface area contributed by atoms with Crippen LogP contribution in [-0.2, 0) is 14.3 Å². The van der Waals surface area contributed by atoms with Gasteiger partial charge in [-0.25, -0.2) is 4.39 Å². The first-order valence-electron chi connectivity index (χ1n) is 5.27. The fourth-order valence-electron chi connectivity index (χ4n) is 1.59. The fourth-order valence-corrected chi connectivity index (χ4v) is 1.59. The van der Waals surface area contributed by atoms with E-state index in [-0.39, 0.29) is 25.3 Å². The summed E-state index contributed by atoms with van der Waals surface area (Å²) >= 11 is 0. The van der Waals surface area contributed by atoms with Gasteiger partial charge in [0.1, 0.15) is 19.0 Å². The normalized spacial score (nSPS) is 15.9. The van der Waals surface area contributed by atoms with Gasteiger partial charge in [-0.1, -0.05) is 12.1 Å². The van der Waals surface area contributed by atoms with E-state index in [0.717, 1.165) is 11.0 Å². The van der Waals surface area contributed by atoms with Crippen molar-refractivity contribution >= 4 is 17.6 Å². The first-order chi connectivity index (χ1) is 8.58.